The Morgan fingerprint density at radius 2 is 2.00 bits per heavy atom. The molecule has 2 atom stereocenters. The molecule has 20 heavy (non-hydrogen) atoms. The van der Waals surface area contributed by atoms with Crippen molar-refractivity contribution in [3.05, 3.63) is 35.1 Å². The van der Waals surface area contributed by atoms with Crippen molar-refractivity contribution in [2.45, 2.75) is 31.5 Å². The molecule has 0 radical (unpaired) electrons. The van der Waals surface area contributed by atoms with E-state index in [9.17, 15) is 22.4 Å². The van der Waals surface area contributed by atoms with E-state index in [4.69, 9.17) is 0 Å². The Labute approximate surface area is 113 Å². The quantitative estimate of drug-likeness (QED) is 0.724. The molecule has 0 spiro atoms. The minimum Gasteiger partial charge on any atom is -0.335 e. The van der Waals surface area contributed by atoms with Gasteiger partial charge in [-0.15, -0.1) is 0 Å². The Hall–Kier alpha value is -1.59. The fraction of sp³-hybridized carbons (Fsp3) is 0.500. The number of benzene rings is 1. The number of carbonyl (C=O) groups is 1. The summed E-state index contributed by atoms with van der Waals surface area (Å²) in [7, 11) is 0. The van der Waals surface area contributed by atoms with E-state index in [-0.39, 0.29) is 6.04 Å². The maximum atomic E-state index is 13.7. The van der Waals surface area contributed by atoms with Gasteiger partial charge in [-0.05, 0) is 43.4 Å². The van der Waals surface area contributed by atoms with E-state index in [2.05, 4.69) is 0 Å². The van der Waals surface area contributed by atoms with E-state index < -0.39 is 29.0 Å². The molecule has 1 aromatic carbocycles. The van der Waals surface area contributed by atoms with E-state index in [1.807, 2.05) is 0 Å². The smallest absolute Gasteiger partial charge is 0.335 e. The number of rotatable bonds is 1. The maximum absolute atomic E-state index is 13.7. The summed E-state index contributed by atoms with van der Waals surface area (Å²) < 4.78 is 51.6. The van der Waals surface area contributed by atoms with Crippen LogP contribution in [0.15, 0.2) is 18.2 Å². The predicted octanol–water partition coefficient (Wildman–Crippen LogP) is 3.47. The van der Waals surface area contributed by atoms with Crippen LogP contribution in [0.2, 0.25) is 0 Å². The molecule has 3 rings (SSSR count). The van der Waals surface area contributed by atoms with Crippen molar-refractivity contribution >= 4 is 5.91 Å². The van der Waals surface area contributed by atoms with Gasteiger partial charge in [-0.1, -0.05) is 0 Å². The van der Waals surface area contributed by atoms with E-state index in [1.54, 1.807) is 0 Å². The molecular weight excluding hydrogens is 274 g/mol. The first kappa shape index (κ1) is 13.4. The first-order valence-corrected chi connectivity index (χ1v) is 6.54. The second-order valence-corrected chi connectivity index (χ2v) is 5.48. The second-order valence-electron chi connectivity index (χ2n) is 5.48. The molecule has 1 saturated heterocycles. The Bertz CT molecular complexity index is 555. The largest absolute Gasteiger partial charge is 0.416 e. The fourth-order valence-corrected chi connectivity index (χ4v) is 3.19. The lowest BCUT2D eigenvalue weighted by Gasteiger charge is -2.27. The first-order valence-electron chi connectivity index (χ1n) is 6.54. The molecule has 1 heterocycles. The molecule has 2 fully saturated rings. The Morgan fingerprint density at radius 1 is 1.25 bits per heavy atom. The summed E-state index contributed by atoms with van der Waals surface area (Å²) in [4.78, 5) is 13.8. The third-order valence-corrected chi connectivity index (χ3v) is 4.19. The van der Waals surface area contributed by atoms with Gasteiger partial charge in [-0.2, -0.15) is 13.2 Å². The highest BCUT2D eigenvalue weighted by atomic mass is 19.4. The average Bonchev–Trinajstić information content (AvgIpc) is 2.99. The summed E-state index contributed by atoms with van der Waals surface area (Å²) in [5, 5.41) is 0. The van der Waals surface area contributed by atoms with Crippen LogP contribution in [0.3, 0.4) is 0 Å². The maximum Gasteiger partial charge on any atom is 0.416 e. The van der Waals surface area contributed by atoms with Gasteiger partial charge in [0.1, 0.15) is 5.82 Å². The van der Waals surface area contributed by atoms with Gasteiger partial charge in [0.2, 0.25) is 0 Å². The molecule has 2 unspecified atom stereocenters. The SMILES string of the molecule is O=C(c1cc(C(F)(F)F)ccc1F)N1CC2CCC1C2. The van der Waals surface area contributed by atoms with Gasteiger partial charge in [-0.3, -0.25) is 4.79 Å². The number of hydrogen-bond donors (Lipinski definition) is 0. The molecule has 0 N–H and O–H groups in total. The monoisotopic (exact) mass is 287 g/mol. The van der Waals surface area contributed by atoms with Crippen molar-refractivity contribution in [2.24, 2.45) is 5.92 Å². The number of fused-ring (bicyclic) bond motifs is 2. The summed E-state index contributed by atoms with van der Waals surface area (Å²) in [6, 6.07) is 2.04. The number of halogens is 4. The molecule has 2 nitrogen and oxygen atoms in total. The van der Waals surface area contributed by atoms with Crippen LogP contribution in [0.4, 0.5) is 17.6 Å². The van der Waals surface area contributed by atoms with E-state index in [0.29, 0.717) is 30.7 Å². The topological polar surface area (TPSA) is 20.3 Å². The molecule has 1 aromatic rings. The van der Waals surface area contributed by atoms with Gasteiger partial charge in [0.15, 0.2) is 0 Å². The van der Waals surface area contributed by atoms with Crippen LogP contribution < -0.4 is 0 Å². The summed E-state index contributed by atoms with van der Waals surface area (Å²) in [5.74, 6) is -1.11. The number of amides is 1. The van der Waals surface area contributed by atoms with Crippen molar-refractivity contribution in [3.8, 4) is 0 Å². The highest BCUT2D eigenvalue weighted by Crippen LogP contribution is 2.38. The van der Waals surface area contributed by atoms with Gasteiger partial charge in [0.25, 0.3) is 5.91 Å². The third-order valence-electron chi connectivity index (χ3n) is 4.19. The van der Waals surface area contributed by atoms with Gasteiger partial charge in [0.05, 0.1) is 11.1 Å². The molecule has 0 aromatic heterocycles. The fourth-order valence-electron chi connectivity index (χ4n) is 3.19. The highest BCUT2D eigenvalue weighted by Gasteiger charge is 2.41. The lowest BCUT2D eigenvalue weighted by molar-refractivity contribution is -0.137. The number of carbonyl (C=O) groups excluding carboxylic acids is 1. The molecule has 1 aliphatic carbocycles. The number of hydrogen-bond acceptors (Lipinski definition) is 1. The summed E-state index contributed by atoms with van der Waals surface area (Å²) in [6.07, 6.45) is -1.80. The Balaban J connectivity index is 1.91. The van der Waals surface area contributed by atoms with Crippen LogP contribution >= 0.6 is 0 Å². The number of likely N-dealkylation sites (tertiary alicyclic amines) is 1. The lowest BCUT2D eigenvalue weighted by atomic mass is 10.1. The number of piperidine rings is 1. The van der Waals surface area contributed by atoms with Crippen molar-refractivity contribution in [2.75, 3.05) is 6.54 Å². The van der Waals surface area contributed by atoms with E-state index in [1.165, 1.54) is 4.90 Å². The molecule has 1 saturated carbocycles. The standard InChI is InChI=1S/C14H13F4NO/c15-12-4-2-9(14(16,17)18)6-11(12)13(20)19-7-8-1-3-10(19)5-8/h2,4,6,8,10H,1,3,5,7H2. The van der Waals surface area contributed by atoms with Gasteiger partial charge in [-0.25, -0.2) is 4.39 Å². The van der Waals surface area contributed by atoms with Crippen LogP contribution in [0, 0.1) is 11.7 Å². The highest BCUT2D eigenvalue weighted by molar-refractivity contribution is 5.95. The zero-order valence-corrected chi connectivity index (χ0v) is 10.6. The van der Waals surface area contributed by atoms with E-state index in [0.717, 1.165) is 19.3 Å². The molecule has 1 aliphatic heterocycles. The molecule has 6 heteroatoms. The average molecular weight is 287 g/mol. The van der Waals surface area contributed by atoms with E-state index >= 15 is 0 Å². The van der Waals surface area contributed by atoms with Crippen LogP contribution in [0.25, 0.3) is 0 Å². The molecule has 108 valence electrons. The minimum absolute atomic E-state index is 0.0569. The summed E-state index contributed by atoms with van der Waals surface area (Å²) in [6.45, 7) is 0.527. The zero-order chi connectivity index (χ0) is 14.5. The minimum atomic E-state index is -4.58. The van der Waals surface area contributed by atoms with Crippen LogP contribution in [0.1, 0.15) is 35.2 Å². The summed E-state index contributed by atoms with van der Waals surface area (Å²) >= 11 is 0. The molecular formula is C14H13F4NO. The molecule has 1 amide bonds. The lowest BCUT2D eigenvalue weighted by Crippen LogP contribution is -2.38. The van der Waals surface area contributed by atoms with Gasteiger partial charge >= 0.3 is 6.18 Å². The van der Waals surface area contributed by atoms with Crippen LogP contribution in [0.5, 0.6) is 0 Å². The molecule has 2 bridgehead atoms. The summed E-state index contributed by atoms with van der Waals surface area (Å²) in [5.41, 5.74) is -1.47. The van der Waals surface area contributed by atoms with Gasteiger partial charge < -0.3 is 4.90 Å². The van der Waals surface area contributed by atoms with Crippen LogP contribution in [-0.4, -0.2) is 23.4 Å². The van der Waals surface area contributed by atoms with Crippen LogP contribution in [-0.2, 0) is 6.18 Å². The molecule has 2 aliphatic rings. The van der Waals surface area contributed by atoms with Crippen molar-refractivity contribution in [1.82, 2.24) is 4.90 Å². The number of alkyl halides is 3. The predicted molar refractivity (Wildman–Crippen MR) is 63.6 cm³/mol. The second kappa shape index (κ2) is 4.46. The van der Waals surface area contributed by atoms with Crippen molar-refractivity contribution in [1.29, 1.82) is 0 Å². The normalized spacial score (nSPS) is 25.3. The first-order chi connectivity index (χ1) is 9.36. The van der Waals surface area contributed by atoms with Gasteiger partial charge in [0, 0.05) is 12.6 Å². The van der Waals surface area contributed by atoms with Crippen molar-refractivity contribution < 1.29 is 22.4 Å². The Kier molecular flexibility index (Phi) is 2.99. The third kappa shape index (κ3) is 2.17. The zero-order valence-electron chi connectivity index (χ0n) is 10.6. The number of nitrogens with zero attached hydrogens (tertiary/aromatic N) is 1. The van der Waals surface area contributed by atoms with Crippen molar-refractivity contribution in [3.63, 3.8) is 0 Å². The Morgan fingerprint density at radius 3 is 2.55 bits per heavy atom.